The number of aromatic nitrogens is 1. The van der Waals surface area contributed by atoms with Crippen molar-refractivity contribution in [1.82, 2.24) is 9.88 Å². The lowest BCUT2D eigenvalue weighted by molar-refractivity contribution is -0.132. The summed E-state index contributed by atoms with van der Waals surface area (Å²) in [6.45, 7) is 4.19. The summed E-state index contributed by atoms with van der Waals surface area (Å²) >= 11 is 1.68. The molecule has 20 heavy (non-hydrogen) atoms. The van der Waals surface area contributed by atoms with Crippen LogP contribution in [0.15, 0.2) is 24.4 Å². The minimum Gasteiger partial charge on any atom is -0.370 e. The first-order valence-corrected chi connectivity index (χ1v) is 8.32. The molecule has 0 aromatic carbocycles. The molecule has 1 atom stereocenters. The maximum absolute atomic E-state index is 12.0. The van der Waals surface area contributed by atoms with Crippen LogP contribution in [0.5, 0.6) is 0 Å². The summed E-state index contributed by atoms with van der Waals surface area (Å²) in [4.78, 5) is 18.2. The molecule has 0 saturated carbocycles. The predicted molar refractivity (Wildman–Crippen MR) is 81.6 cm³/mol. The molecule has 1 aliphatic heterocycles. The van der Waals surface area contributed by atoms with Gasteiger partial charge in [-0.05, 0) is 30.7 Å². The molecular formula is C15H22N2O2S. The van der Waals surface area contributed by atoms with E-state index in [1.54, 1.807) is 18.0 Å². The Bertz CT molecular complexity index is 414. The molecule has 0 radical (unpaired) electrons. The van der Waals surface area contributed by atoms with E-state index in [1.165, 1.54) is 0 Å². The summed E-state index contributed by atoms with van der Waals surface area (Å²) < 4.78 is 5.89. The van der Waals surface area contributed by atoms with Crippen molar-refractivity contribution >= 4 is 17.7 Å². The maximum Gasteiger partial charge on any atom is 0.232 e. The van der Waals surface area contributed by atoms with Gasteiger partial charge in [0.15, 0.2) is 0 Å². The molecule has 0 spiro atoms. The van der Waals surface area contributed by atoms with Gasteiger partial charge < -0.3 is 9.64 Å². The lowest BCUT2D eigenvalue weighted by Crippen LogP contribution is -2.44. The molecule has 110 valence electrons. The van der Waals surface area contributed by atoms with Gasteiger partial charge in [0, 0.05) is 19.3 Å². The molecule has 5 heteroatoms. The van der Waals surface area contributed by atoms with Gasteiger partial charge in [0.1, 0.15) is 0 Å². The highest BCUT2D eigenvalue weighted by molar-refractivity contribution is 7.99. The Morgan fingerprint density at radius 1 is 1.55 bits per heavy atom. The van der Waals surface area contributed by atoms with Crippen LogP contribution in [0, 0.1) is 0 Å². The fraction of sp³-hybridized carbons (Fsp3) is 0.600. The lowest BCUT2D eigenvalue weighted by atomic mass is 10.1. The second kappa shape index (κ2) is 8.27. The largest absolute Gasteiger partial charge is 0.370 e. The molecule has 0 N–H and O–H groups in total. The van der Waals surface area contributed by atoms with Crippen LogP contribution >= 0.6 is 11.8 Å². The number of hydrogen-bond donors (Lipinski definition) is 0. The van der Waals surface area contributed by atoms with Crippen LogP contribution in [0.4, 0.5) is 0 Å². The second-order valence-electron chi connectivity index (χ2n) is 4.87. The molecule has 1 aromatic rings. The maximum atomic E-state index is 12.0. The first-order chi connectivity index (χ1) is 9.79. The van der Waals surface area contributed by atoms with Crippen molar-refractivity contribution in [3.8, 4) is 0 Å². The number of ether oxygens (including phenoxy) is 1. The van der Waals surface area contributed by atoms with Crippen LogP contribution in [-0.4, -0.2) is 46.5 Å². The van der Waals surface area contributed by atoms with Crippen LogP contribution in [0.2, 0.25) is 0 Å². The number of thioether (sulfide) groups is 1. The van der Waals surface area contributed by atoms with E-state index in [4.69, 9.17) is 4.74 Å². The molecule has 1 fully saturated rings. The first-order valence-electron chi connectivity index (χ1n) is 7.16. The molecule has 0 bridgehead atoms. The standard InChI is InChI=1S/C15H22N2O2S/c1-2-20-12-15(18)17-9-5-7-14(10-17)19-11-13-6-3-4-8-16-13/h3-4,6,8,14H,2,5,7,9-12H2,1H3/t14-/m0/s1. The number of pyridine rings is 1. The number of nitrogens with zero attached hydrogens (tertiary/aromatic N) is 2. The van der Waals surface area contributed by atoms with Crippen LogP contribution in [-0.2, 0) is 16.1 Å². The number of amides is 1. The Balaban J connectivity index is 1.77. The van der Waals surface area contributed by atoms with Gasteiger partial charge in [0.25, 0.3) is 0 Å². The molecule has 1 aliphatic rings. The van der Waals surface area contributed by atoms with Gasteiger partial charge in [0.2, 0.25) is 5.91 Å². The molecular weight excluding hydrogens is 272 g/mol. The van der Waals surface area contributed by atoms with Gasteiger partial charge >= 0.3 is 0 Å². The van der Waals surface area contributed by atoms with Crippen molar-refractivity contribution in [2.75, 3.05) is 24.6 Å². The fourth-order valence-electron chi connectivity index (χ4n) is 2.27. The molecule has 2 heterocycles. The summed E-state index contributed by atoms with van der Waals surface area (Å²) in [5.41, 5.74) is 0.942. The Labute approximate surface area is 124 Å². The van der Waals surface area contributed by atoms with Crippen molar-refractivity contribution < 1.29 is 9.53 Å². The molecule has 0 unspecified atom stereocenters. The number of rotatable bonds is 6. The zero-order valence-corrected chi connectivity index (χ0v) is 12.8. The zero-order chi connectivity index (χ0) is 14.2. The SMILES string of the molecule is CCSCC(=O)N1CCC[C@H](OCc2ccccn2)C1. The average Bonchev–Trinajstić information content (AvgIpc) is 2.52. The number of piperidine rings is 1. The lowest BCUT2D eigenvalue weighted by Gasteiger charge is -2.32. The Morgan fingerprint density at radius 3 is 3.20 bits per heavy atom. The third kappa shape index (κ3) is 4.80. The summed E-state index contributed by atoms with van der Waals surface area (Å²) in [6.07, 6.45) is 3.96. The number of hydrogen-bond acceptors (Lipinski definition) is 4. The van der Waals surface area contributed by atoms with E-state index in [2.05, 4.69) is 11.9 Å². The molecule has 1 amide bonds. The predicted octanol–water partition coefficient (Wildman–Crippen LogP) is 2.34. The summed E-state index contributed by atoms with van der Waals surface area (Å²) in [7, 11) is 0. The number of likely N-dealkylation sites (tertiary alicyclic amines) is 1. The van der Waals surface area contributed by atoms with E-state index >= 15 is 0 Å². The number of carbonyl (C=O) groups excluding carboxylic acids is 1. The Kier molecular flexibility index (Phi) is 6.33. The summed E-state index contributed by atoms with van der Waals surface area (Å²) in [5, 5.41) is 0. The molecule has 1 saturated heterocycles. The van der Waals surface area contributed by atoms with Crippen molar-refractivity contribution in [2.24, 2.45) is 0 Å². The summed E-state index contributed by atoms with van der Waals surface area (Å²) in [6, 6.07) is 5.82. The highest BCUT2D eigenvalue weighted by atomic mass is 32.2. The van der Waals surface area contributed by atoms with Gasteiger partial charge in [-0.25, -0.2) is 0 Å². The van der Waals surface area contributed by atoms with Crippen molar-refractivity contribution in [3.05, 3.63) is 30.1 Å². The van der Waals surface area contributed by atoms with Gasteiger partial charge in [-0.3, -0.25) is 9.78 Å². The Morgan fingerprint density at radius 2 is 2.45 bits per heavy atom. The first kappa shape index (κ1) is 15.3. The van der Waals surface area contributed by atoms with E-state index in [0.29, 0.717) is 12.4 Å². The minimum atomic E-state index is 0.140. The highest BCUT2D eigenvalue weighted by Gasteiger charge is 2.23. The monoisotopic (exact) mass is 294 g/mol. The van der Waals surface area contributed by atoms with Crippen LogP contribution in [0.25, 0.3) is 0 Å². The third-order valence-electron chi connectivity index (χ3n) is 3.35. The molecule has 1 aromatic heterocycles. The number of carbonyl (C=O) groups is 1. The van der Waals surface area contributed by atoms with E-state index < -0.39 is 0 Å². The van der Waals surface area contributed by atoms with E-state index in [9.17, 15) is 4.79 Å². The quantitative estimate of drug-likeness (QED) is 0.807. The normalized spacial score (nSPS) is 19.1. The fourth-order valence-corrected chi connectivity index (χ4v) is 2.83. The van der Waals surface area contributed by atoms with Gasteiger partial charge in [0.05, 0.1) is 24.2 Å². The molecule has 0 aliphatic carbocycles. The van der Waals surface area contributed by atoms with Crippen molar-refractivity contribution in [1.29, 1.82) is 0 Å². The van der Waals surface area contributed by atoms with Gasteiger partial charge in [-0.15, -0.1) is 0 Å². The van der Waals surface area contributed by atoms with E-state index in [-0.39, 0.29) is 12.0 Å². The topological polar surface area (TPSA) is 42.4 Å². The van der Waals surface area contributed by atoms with Crippen LogP contribution < -0.4 is 0 Å². The van der Waals surface area contributed by atoms with Crippen LogP contribution in [0.1, 0.15) is 25.5 Å². The second-order valence-corrected chi connectivity index (χ2v) is 6.15. The summed E-state index contributed by atoms with van der Waals surface area (Å²) in [5.74, 6) is 1.81. The van der Waals surface area contributed by atoms with Crippen molar-refractivity contribution in [2.45, 2.75) is 32.5 Å². The third-order valence-corrected chi connectivity index (χ3v) is 4.21. The van der Waals surface area contributed by atoms with Crippen molar-refractivity contribution in [3.63, 3.8) is 0 Å². The minimum absolute atomic E-state index is 0.140. The van der Waals surface area contributed by atoms with E-state index in [1.807, 2.05) is 23.1 Å². The molecule has 2 rings (SSSR count). The highest BCUT2D eigenvalue weighted by Crippen LogP contribution is 2.16. The zero-order valence-electron chi connectivity index (χ0n) is 12.0. The van der Waals surface area contributed by atoms with Gasteiger partial charge in [-0.2, -0.15) is 11.8 Å². The Hall–Kier alpha value is -1.07. The van der Waals surface area contributed by atoms with Crippen LogP contribution in [0.3, 0.4) is 0 Å². The molecule has 4 nitrogen and oxygen atoms in total. The smallest absolute Gasteiger partial charge is 0.232 e. The van der Waals surface area contributed by atoms with E-state index in [0.717, 1.165) is 37.4 Å². The van der Waals surface area contributed by atoms with Gasteiger partial charge in [-0.1, -0.05) is 13.0 Å². The average molecular weight is 294 g/mol.